The van der Waals surface area contributed by atoms with Crippen molar-refractivity contribution in [1.82, 2.24) is 14.7 Å². The molecule has 0 aromatic heterocycles. The van der Waals surface area contributed by atoms with Crippen molar-refractivity contribution in [1.29, 1.82) is 0 Å². The van der Waals surface area contributed by atoms with Gasteiger partial charge in [-0.15, -0.1) is 0 Å². The largest absolute Gasteiger partial charge is 0.459 e. The third kappa shape index (κ3) is 5.96. The lowest BCUT2D eigenvalue weighted by atomic mass is 10.1. The minimum absolute atomic E-state index is 0.122. The zero-order valence-corrected chi connectivity index (χ0v) is 16.8. The molecule has 2 fully saturated rings. The number of nitrogens with zero attached hydrogens (tertiary/aromatic N) is 3. The number of likely N-dealkylation sites (tertiary alicyclic amines) is 1. The predicted octanol–water partition coefficient (Wildman–Crippen LogP) is 1.59. The summed E-state index contributed by atoms with van der Waals surface area (Å²) in [6.07, 6.45) is 0.953. The number of rotatable bonds is 3. The Morgan fingerprint density at radius 3 is 2.04 bits per heavy atom. The van der Waals surface area contributed by atoms with Gasteiger partial charge in [0.25, 0.3) is 0 Å². The van der Waals surface area contributed by atoms with Gasteiger partial charge in [-0.3, -0.25) is 19.4 Å². The van der Waals surface area contributed by atoms with Gasteiger partial charge in [0.1, 0.15) is 5.60 Å². The van der Waals surface area contributed by atoms with E-state index in [0.29, 0.717) is 19.6 Å². The number of esters is 1. The summed E-state index contributed by atoms with van der Waals surface area (Å²) in [4.78, 5) is 31.2. The molecule has 2 heterocycles. The molecule has 144 valence electrons. The summed E-state index contributed by atoms with van der Waals surface area (Å²) in [5.74, 6) is 0.212. The molecule has 0 unspecified atom stereocenters. The highest BCUT2D eigenvalue weighted by atomic mass is 16.6. The molecule has 2 aliphatic rings. The monoisotopic (exact) mass is 353 g/mol. The topological polar surface area (TPSA) is 53.1 Å². The number of hydrogen-bond acceptors (Lipinski definition) is 5. The molecule has 0 aliphatic carbocycles. The first-order valence-electron chi connectivity index (χ1n) is 9.44. The van der Waals surface area contributed by atoms with Gasteiger partial charge in [-0.25, -0.2) is 0 Å². The average Bonchev–Trinajstić information content (AvgIpc) is 2.95. The molecule has 0 bridgehead atoms. The zero-order chi connectivity index (χ0) is 18.8. The van der Waals surface area contributed by atoms with E-state index in [4.69, 9.17) is 4.74 Å². The van der Waals surface area contributed by atoms with E-state index in [0.717, 1.165) is 32.6 Å². The molecule has 2 saturated heterocycles. The highest BCUT2D eigenvalue weighted by Gasteiger charge is 2.36. The molecule has 2 aliphatic heterocycles. The van der Waals surface area contributed by atoms with Crippen molar-refractivity contribution in [3.63, 3.8) is 0 Å². The van der Waals surface area contributed by atoms with Gasteiger partial charge < -0.3 is 9.64 Å². The van der Waals surface area contributed by atoms with E-state index in [1.807, 2.05) is 25.7 Å². The molecule has 0 N–H and O–H groups in total. The number of amides is 1. The number of carbonyl (C=O) groups excluding carboxylic acids is 2. The second-order valence-corrected chi connectivity index (χ2v) is 9.29. The fraction of sp³-hybridized carbons (Fsp3) is 0.895. The van der Waals surface area contributed by atoms with Crippen LogP contribution in [-0.4, -0.2) is 83.5 Å². The van der Waals surface area contributed by atoms with Crippen LogP contribution in [0.2, 0.25) is 0 Å². The van der Waals surface area contributed by atoms with Crippen molar-refractivity contribution in [2.24, 2.45) is 5.92 Å². The Bertz CT molecular complexity index is 485. The number of hydrogen-bond donors (Lipinski definition) is 0. The van der Waals surface area contributed by atoms with Crippen LogP contribution in [0.5, 0.6) is 0 Å². The maximum absolute atomic E-state index is 12.8. The van der Waals surface area contributed by atoms with Gasteiger partial charge in [0, 0.05) is 38.3 Å². The number of ether oxygens (including phenoxy) is 1. The smallest absolute Gasteiger partial charge is 0.320 e. The summed E-state index contributed by atoms with van der Waals surface area (Å²) in [5, 5.41) is 0. The Balaban J connectivity index is 1.77. The normalized spacial score (nSPS) is 23.8. The van der Waals surface area contributed by atoms with Gasteiger partial charge in [-0.05, 0) is 54.5 Å². The standard InChI is InChI=1S/C19H35N3O3/c1-18(2,3)22-8-7-15(13-22)17(24)21-11-9-20(10-12-21)14-16(23)25-19(4,5)6/h15H,7-14H2,1-6H3/t15-/m0/s1. The average molecular weight is 354 g/mol. The molecular weight excluding hydrogens is 318 g/mol. The maximum atomic E-state index is 12.8. The van der Waals surface area contributed by atoms with E-state index in [1.54, 1.807) is 0 Å². The number of carbonyl (C=O) groups is 2. The van der Waals surface area contributed by atoms with Crippen molar-refractivity contribution in [2.45, 2.75) is 59.1 Å². The van der Waals surface area contributed by atoms with Crippen molar-refractivity contribution >= 4 is 11.9 Å². The van der Waals surface area contributed by atoms with Crippen LogP contribution in [0.4, 0.5) is 0 Å². The van der Waals surface area contributed by atoms with E-state index < -0.39 is 5.60 Å². The summed E-state index contributed by atoms with van der Waals surface area (Å²) in [5.41, 5.74) is -0.322. The van der Waals surface area contributed by atoms with Crippen LogP contribution in [0.3, 0.4) is 0 Å². The second-order valence-electron chi connectivity index (χ2n) is 9.29. The third-order valence-electron chi connectivity index (χ3n) is 4.94. The Morgan fingerprint density at radius 1 is 0.960 bits per heavy atom. The lowest BCUT2D eigenvalue weighted by Crippen LogP contribution is -2.52. The van der Waals surface area contributed by atoms with Crippen LogP contribution in [0.25, 0.3) is 0 Å². The molecule has 0 spiro atoms. The van der Waals surface area contributed by atoms with Crippen LogP contribution in [-0.2, 0) is 14.3 Å². The minimum Gasteiger partial charge on any atom is -0.459 e. The molecule has 1 amide bonds. The maximum Gasteiger partial charge on any atom is 0.320 e. The SMILES string of the molecule is CC(C)(C)OC(=O)CN1CCN(C(=O)[C@H]2CCN(C(C)(C)C)C2)CC1. The van der Waals surface area contributed by atoms with Gasteiger partial charge in [-0.1, -0.05) is 0 Å². The summed E-state index contributed by atoms with van der Waals surface area (Å²) >= 11 is 0. The van der Waals surface area contributed by atoms with Crippen LogP contribution in [0.15, 0.2) is 0 Å². The van der Waals surface area contributed by atoms with E-state index in [9.17, 15) is 9.59 Å². The lowest BCUT2D eigenvalue weighted by molar-refractivity contribution is -0.156. The lowest BCUT2D eigenvalue weighted by Gasteiger charge is -2.36. The van der Waals surface area contributed by atoms with Gasteiger partial charge in [0.05, 0.1) is 12.5 Å². The molecule has 2 rings (SSSR count). The summed E-state index contributed by atoms with van der Waals surface area (Å²) < 4.78 is 5.37. The Kier molecular flexibility index (Phi) is 6.15. The fourth-order valence-corrected chi connectivity index (χ4v) is 3.51. The van der Waals surface area contributed by atoms with E-state index in [1.165, 1.54) is 0 Å². The third-order valence-corrected chi connectivity index (χ3v) is 4.94. The number of piperazine rings is 1. The first-order valence-corrected chi connectivity index (χ1v) is 9.44. The highest BCUT2D eigenvalue weighted by molar-refractivity contribution is 5.79. The van der Waals surface area contributed by atoms with Crippen molar-refractivity contribution in [2.75, 3.05) is 45.8 Å². The molecule has 0 aromatic rings. The molecule has 0 saturated carbocycles. The van der Waals surface area contributed by atoms with Crippen LogP contribution in [0.1, 0.15) is 48.0 Å². The van der Waals surface area contributed by atoms with Gasteiger partial charge in [0.2, 0.25) is 5.91 Å². The second kappa shape index (κ2) is 7.62. The van der Waals surface area contributed by atoms with Crippen molar-refractivity contribution in [3.05, 3.63) is 0 Å². The van der Waals surface area contributed by atoms with Crippen molar-refractivity contribution < 1.29 is 14.3 Å². The molecule has 6 nitrogen and oxygen atoms in total. The van der Waals surface area contributed by atoms with E-state index >= 15 is 0 Å². The first kappa shape index (κ1) is 20.2. The van der Waals surface area contributed by atoms with Gasteiger partial charge >= 0.3 is 5.97 Å². The molecule has 25 heavy (non-hydrogen) atoms. The highest BCUT2D eigenvalue weighted by Crippen LogP contribution is 2.26. The van der Waals surface area contributed by atoms with Crippen molar-refractivity contribution in [3.8, 4) is 0 Å². The zero-order valence-electron chi connectivity index (χ0n) is 16.8. The molecule has 0 radical (unpaired) electrons. The fourth-order valence-electron chi connectivity index (χ4n) is 3.51. The van der Waals surface area contributed by atoms with E-state index in [-0.39, 0.29) is 23.3 Å². The molecular formula is C19H35N3O3. The van der Waals surface area contributed by atoms with Crippen LogP contribution in [0, 0.1) is 5.92 Å². The summed E-state index contributed by atoms with van der Waals surface area (Å²) in [7, 11) is 0. The Labute approximate surface area is 152 Å². The Hall–Kier alpha value is -1.14. The molecule has 1 atom stereocenters. The first-order chi connectivity index (χ1) is 11.5. The predicted molar refractivity (Wildman–Crippen MR) is 98.3 cm³/mol. The summed E-state index contributed by atoms with van der Waals surface area (Å²) in [6.45, 7) is 17.3. The quantitative estimate of drug-likeness (QED) is 0.721. The molecule has 6 heteroatoms. The molecule has 0 aromatic carbocycles. The Morgan fingerprint density at radius 2 is 1.56 bits per heavy atom. The summed E-state index contributed by atoms with van der Waals surface area (Å²) in [6, 6.07) is 0. The minimum atomic E-state index is -0.448. The van der Waals surface area contributed by atoms with Gasteiger partial charge in [0.15, 0.2) is 0 Å². The van der Waals surface area contributed by atoms with Gasteiger partial charge in [-0.2, -0.15) is 0 Å². The van der Waals surface area contributed by atoms with Crippen LogP contribution >= 0.6 is 0 Å². The van der Waals surface area contributed by atoms with E-state index in [2.05, 4.69) is 30.6 Å². The van der Waals surface area contributed by atoms with Crippen LogP contribution < -0.4 is 0 Å².